The molecule has 1 aliphatic heterocycles. The summed E-state index contributed by atoms with van der Waals surface area (Å²) in [5.41, 5.74) is 1.72. The van der Waals surface area contributed by atoms with Crippen molar-refractivity contribution in [2.24, 2.45) is 0 Å². The zero-order chi connectivity index (χ0) is 15.0. The molecule has 1 aliphatic rings. The van der Waals surface area contributed by atoms with E-state index in [2.05, 4.69) is 0 Å². The van der Waals surface area contributed by atoms with Gasteiger partial charge in [0.15, 0.2) is 11.9 Å². The Bertz CT molecular complexity index is 735. The second-order valence-corrected chi connectivity index (χ2v) is 4.77. The SMILES string of the molecule is O=C1c2ccccc2COc2ccc(C(O)C(=O)O)cc21. The molecule has 0 saturated heterocycles. The molecule has 2 aromatic rings. The molecule has 3 rings (SSSR count). The molecule has 5 heteroatoms. The minimum absolute atomic E-state index is 0.151. The van der Waals surface area contributed by atoms with Gasteiger partial charge < -0.3 is 14.9 Å². The van der Waals surface area contributed by atoms with Gasteiger partial charge in [-0.05, 0) is 17.7 Å². The van der Waals surface area contributed by atoms with Crippen LogP contribution in [0.3, 0.4) is 0 Å². The lowest BCUT2D eigenvalue weighted by Gasteiger charge is -2.10. The summed E-state index contributed by atoms with van der Waals surface area (Å²) < 4.78 is 5.59. The second-order valence-electron chi connectivity index (χ2n) is 4.77. The first kappa shape index (κ1) is 13.3. The predicted molar refractivity (Wildman–Crippen MR) is 73.2 cm³/mol. The van der Waals surface area contributed by atoms with Crippen LogP contribution in [0.5, 0.6) is 5.75 Å². The number of ether oxygens (including phenoxy) is 1. The molecule has 1 unspecified atom stereocenters. The Morgan fingerprint density at radius 1 is 1.14 bits per heavy atom. The van der Waals surface area contributed by atoms with E-state index in [9.17, 15) is 14.7 Å². The van der Waals surface area contributed by atoms with Crippen LogP contribution in [-0.4, -0.2) is 22.0 Å². The van der Waals surface area contributed by atoms with Crippen LogP contribution in [0.1, 0.15) is 33.2 Å². The van der Waals surface area contributed by atoms with E-state index in [0.717, 1.165) is 5.56 Å². The summed E-state index contributed by atoms with van der Waals surface area (Å²) in [7, 11) is 0. The highest BCUT2D eigenvalue weighted by Gasteiger charge is 2.24. The van der Waals surface area contributed by atoms with Gasteiger partial charge in [0.1, 0.15) is 12.4 Å². The summed E-state index contributed by atoms with van der Waals surface area (Å²) in [5, 5.41) is 18.5. The van der Waals surface area contributed by atoms with E-state index < -0.39 is 12.1 Å². The number of carbonyl (C=O) groups excluding carboxylic acids is 1. The van der Waals surface area contributed by atoms with Crippen LogP contribution in [0.2, 0.25) is 0 Å². The van der Waals surface area contributed by atoms with Crippen molar-refractivity contribution in [3.63, 3.8) is 0 Å². The lowest BCUT2D eigenvalue weighted by molar-refractivity contribution is -0.146. The first-order valence-electron chi connectivity index (χ1n) is 6.38. The average molecular weight is 284 g/mol. The van der Waals surface area contributed by atoms with E-state index in [1.807, 2.05) is 12.1 Å². The fraction of sp³-hybridized carbons (Fsp3) is 0.125. The zero-order valence-corrected chi connectivity index (χ0v) is 10.9. The van der Waals surface area contributed by atoms with Crippen LogP contribution in [0.15, 0.2) is 42.5 Å². The highest BCUT2D eigenvalue weighted by atomic mass is 16.5. The van der Waals surface area contributed by atoms with Crippen molar-refractivity contribution in [2.75, 3.05) is 0 Å². The summed E-state index contributed by atoms with van der Waals surface area (Å²) >= 11 is 0. The summed E-state index contributed by atoms with van der Waals surface area (Å²) in [6.07, 6.45) is -1.67. The molecule has 0 spiro atoms. The Morgan fingerprint density at radius 2 is 1.90 bits per heavy atom. The normalized spacial score (nSPS) is 14.4. The maximum Gasteiger partial charge on any atom is 0.337 e. The molecule has 0 aromatic heterocycles. The van der Waals surface area contributed by atoms with Gasteiger partial charge in [0, 0.05) is 11.1 Å². The van der Waals surface area contributed by atoms with Crippen molar-refractivity contribution < 1.29 is 24.5 Å². The number of benzene rings is 2. The average Bonchev–Trinajstić information content (AvgIpc) is 2.64. The number of hydrogen-bond donors (Lipinski definition) is 2. The Morgan fingerprint density at radius 3 is 2.67 bits per heavy atom. The Balaban J connectivity index is 2.11. The molecule has 5 nitrogen and oxygen atoms in total. The molecule has 1 heterocycles. The second kappa shape index (κ2) is 5.03. The van der Waals surface area contributed by atoms with Crippen LogP contribution in [0.25, 0.3) is 0 Å². The number of rotatable bonds is 2. The van der Waals surface area contributed by atoms with E-state index in [1.165, 1.54) is 18.2 Å². The maximum atomic E-state index is 12.6. The zero-order valence-electron chi connectivity index (χ0n) is 10.9. The van der Waals surface area contributed by atoms with Crippen LogP contribution < -0.4 is 4.74 Å². The summed E-state index contributed by atoms with van der Waals surface area (Å²) in [6, 6.07) is 11.4. The number of aliphatic carboxylic acids is 1. The number of aliphatic hydroxyl groups excluding tert-OH is 1. The number of fused-ring (bicyclic) bond motifs is 2. The van der Waals surface area contributed by atoms with E-state index in [-0.39, 0.29) is 23.5 Å². The Kier molecular flexibility index (Phi) is 3.19. The van der Waals surface area contributed by atoms with Crippen molar-refractivity contribution >= 4 is 11.8 Å². The predicted octanol–water partition coefficient (Wildman–Crippen LogP) is 1.93. The quantitative estimate of drug-likeness (QED) is 0.880. The largest absolute Gasteiger partial charge is 0.488 e. The molecule has 0 saturated carbocycles. The fourth-order valence-corrected chi connectivity index (χ4v) is 2.33. The Hall–Kier alpha value is -2.66. The molecular formula is C16H12O5. The summed E-state index contributed by atoms with van der Waals surface area (Å²) in [4.78, 5) is 23.4. The van der Waals surface area contributed by atoms with E-state index in [1.54, 1.807) is 12.1 Å². The van der Waals surface area contributed by atoms with Crippen LogP contribution >= 0.6 is 0 Å². The smallest absolute Gasteiger partial charge is 0.337 e. The number of carboxylic acid groups (broad SMARTS) is 1. The number of carbonyl (C=O) groups is 2. The third kappa shape index (κ3) is 2.28. The molecule has 0 fully saturated rings. The molecule has 21 heavy (non-hydrogen) atoms. The van der Waals surface area contributed by atoms with Gasteiger partial charge >= 0.3 is 5.97 Å². The van der Waals surface area contributed by atoms with Crippen LogP contribution in [0.4, 0.5) is 0 Å². The number of hydrogen-bond acceptors (Lipinski definition) is 4. The van der Waals surface area contributed by atoms with E-state index in [0.29, 0.717) is 11.3 Å². The topological polar surface area (TPSA) is 83.8 Å². The molecule has 106 valence electrons. The molecule has 1 atom stereocenters. The summed E-state index contributed by atoms with van der Waals surface area (Å²) in [5.74, 6) is -1.22. The first-order valence-corrected chi connectivity index (χ1v) is 6.38. The number of ketones is 1. The molecule has 0 radical (unpaired) electrons. The van der Waals surface area contributed by atoms with Crippen molar-refractivity contribution in [3.8, 4) is 5.75 Å². The summed E-state index contributed by atoms with van der Waals surface area (Å²) in [6.45, 7) is 0.274. The van der Waals surface area contributed by atoms with Gasteiger partial charge in [-0.15, -0.1) is 0 Å². The number of carboxylic acids is 1. The minimum atomic E-state index is -1.67. The monoisotopic (exact) mass is 284 g/mol. The molecule has 2 aromatic carbocycles. The van der Waals surface area contributed by atoms with Crippen molar-refractivity contribution in [2.45, 2.75) is 12.7 Å². The van der Waals surface area contributed by atoms with Gasteiger partial charge in [-0.2, -0.15) is 0 Å². The molecule has 2 N–H and O–H groups in total. The van der Waals surface area contributed by atoms with Gasteiger partial charge in [-0.1, -0.05) is 30.3 Å². The molecule has 0 aliphatic carbocycles. The third-order valence-corrected chi connectivity index (χ3v) is 3.44. The third-order valence-electron chi connectivity index (χ3n) is 3.44. The van der Waals surface area contributed by atoms with Gasteiger partial charge in [-0.3, -0.25) is 4.79 Å². The van der Waals surface area contributed by atoms with E-state index >= 15 is 0 Å². The van der Waals surface area contributed by atoms with Crippen LogP contribution in [-0.2, 0) is 11.4 Å². The fourth-order valence-electron chi connectivity index (χ4n) is 2.33. The highest BCUT2D eigenvalue weighted by Crippen LogP contribution is 2.30. The lowest BCUT2D eigenvalue weighted by atomic mass is 9.97. The van der Waals surface area contributed by atoms with Gasteiger partial charge in [0.2, 0.25) is 0 Å². The maximum absolute atomic E-state index is 12.6. The number of aliphatic hydroxyl groups is 1. The van der Waals surface area contributed by atoms with Crippen molar-refractivity contribution in [1.29, 1.82) is 0 Å². The van der Waals surface area contributed by atoms with Crippen LogP contribution in [0, 0.1) is 0 Å². The molecule has 0 bridgehead atoms. The Labute approximate surface area is 120 Å². The van der Waals surface area contributed by atoms with E-state index in [4.69, 9.17) is 9.84 Å². The first-order chi connectivity index (χ1) is 10.1. The van der Waals surface area contributed by atoms with Gasteiger partial charge in [0.05, 0.1) is 5.56 Å². The van der Waals surface area contributed by atoms with Gasteiger partial charge in [-0.25, -0.2) is 4.79 Å². The standard InChI is InChI=1S/C16H12O5/c17-14(16(19)20)9-5-6-13-12(7-9)15(18)11-4-2-1-3-10(11)8-21-13/h1-7,14,17H,8H2,(H,19,20). The van der Waals surface area contributed by atoms with Crippen molar-refractivity contribution in [1.82, 2.24) is 0 Å². The van der Waals surface area contributed by atoms with Crippen molar-refractivity contribution in [3.05, 3.63) is 64.7 Å². The molecule has 0 amide bonds. The van der Waals surface area contributed by atoms with Gasteiger partial charge in [0.25, 0.3) is 0 Å². The lowest BCUT2D eigenvalue weighted by Crippen LogP contribution is -2.11. The highest BCUT2D eigenvalue weighted by molar-refractivity contribution is 6.12. The molecular weight excluding hydrogens is 272 g/mol. The minimum Gasteiger partial charge on any atom is -0.488 e.